The van der Waals surface area contributed by atoms with Crippen LogP contribution in [-0.2, 0) is 4.79 Å². The van der Waals surface area contributed by atoms with Crippen molar-refractivity contribution in [2.24, 2.45) is 0 Å². The van der Waals surface area contributed by atoms with Crippen LogP contribution in [0.3, 0.4) is 0 Å². The molecule has 0 saturated carbocycles. The third kappa shape index (κ3) is 4.73. The molecule has 0 heterocycles. The second kappa shape index (κ2) is 8.02. The van der Waals surface area contributed by atoms with Crippen molar-refractivity contribution in [3.8, 4) is 5.75 Å². The van der Waals surface area contributed by atoms with Crippen LogP contribution in [0, 0.1) is 0 Å². The molecule has 1 atom stereocenters. The Morgan fingerprint density at radius 1 is 1.13 bits per heavy atom. The number of ether oxygens (including phenoxy) is 1. The monoisotopic (exact) mass is 331 g/mol. The fraction of sp³-hybridized carbons (Fsp3) is 0.316. The maximum atomic E-state index is 12.4. The molecule has 2 rings (SSSR count). The Labute approximate surface area is 142 Å². The number of rotatable bonds is 6. The van der Waals surface area contributed by atoms with Crippen LogP contribution in [-0.4, -0.2) is 12.0 Å². The minimum absolute atomic E-state index is 0.176. The van der Waals surface area contributed by atoms with Gasteiger partial charge in [-0.2, -0.15) is 0 Å². The Morgan fingerprint density at radius 2 is 1.78 bits per heavy atom. The van der Waals surface area contributed by atoms with Crippen molar-refractivity contribution in [3.05, 3.63) is 59.1 Å². The van der Waals surface area contributed by atoms with Gasteiger partial charge < -0.3 is 10.1 Å². The molecule has 0 aliphatic carbocycles. The van der Waals surface area contributed by atoms with Gasteiger partial charge in [0.05, 0.1) is 5.02 Å². The summed E-state index contributed by atoms with van der Waals surface area (Å²) in [7, 11) is 0. The molecular weight excluding hydrogens is 310 g/mol. The molecule has 3 nitrogen and oxygen atoms in total. The van der Waals surface area contributed by atoms with Gasteiger partial charge >= 0.3 is 0 Å². The van der Waals surface area contributed by atoms with Gasteiger partial charge in [0, 0.05) is 5.69 Å². The van der Waals surface area contributed by atoms with Gasteiger partial charge in [-0.15, -0.1) is 0 Å². The van der Waals surface area contributed by atoms with E-state index in [1.807, 2.05) is 43.3 Å². The first kappa shape index (κ1) is 17.4. The normalized spacial score (nSPS) is 12.0. The summed E-state index contributed by atoms with van der Waals surface area (Å²) in [5.74, 6) is 0.808. The van der Waals surface area contributed by atoms with Gasteiger partial charge in [-0.25, -0.2) is 0 Å². The molecule has 23 heavy (non-hydrogen) atoms. The van der Waals surface area contributed by atoms with E-state index in [4.69, 9.17) is 16.3 Å². The number of benzene rings is 2. The van der Waals surface area contributed by atoms with Gasteiger partial charge in [0.25, 0.3) is 5.91 Å². The Balaban J connectivity index is 2.04. The third-order valence-corrected chi connectivity index (χ3v) is 3.93. The maximum Gasteiger partial charge on any atom is 0.265 e. The number of halogens is 1. The second-order valence-corrected chi connectivity index (χ2v) is 6.12. The zero-order chi connectivity index (χ0) is 16.8. The van der Waals surface area contributed by atoms with Crippen LogP contribution in [0.1, 0.15) is 38.7 Å². The number of carbonyl (C=O) groups is 1. The summed E-state index contributed by atoms with van der Waals surface area (Å²) in [6, 6.07) is 15.0. The lowest BCUT2D eigenvalue weighted by molar-refractivity contribution is -0.122. The molecule has 0 unspecified atom stereocenters. The first-order valence-corrected chi connectivity index (χ1v) is 8.21. The fourth-order valence-electron chi connectivity index (χ4n) is 2.19. The average molecular weight is 332 g/mol. The van der Waals surface area contributed by atoms with Gasteiger partial charge in [-0.1, -0.05) is 56.6 Å². The van der Waals surface area contributed by atoms with Crippen molar-refractivity contribution < 1.29 is 9.53 Å². The highest BCUT2D eigenvalue weighted by Crippen LogP contribution is 2.25. The van der Waals surface area contributed by atoms with E-state index in [-0.39, 0.29) is 5.91 Å². The van der Waals surface area contributed by atoms with Crippen molar-refractivity contribution >= 4 is 23.2 Å². The molecule has 0 radical (unpaired) electrons. The predicted octanol–water partition coefficient (Wildman–Crippen LogP) is 5.26. The lowest BCUT2D eigenvalue weighted by Crippen LogP contribution is -2.32. The Hall–Kier alpha value is -2.00. The number of hydrogen-bond donors (Lipinski definition) is 1. The molecule has 0 aliphatic rings. The van der Waals surface area contributed by atoms with E-state index in [1.165, 1.54) is 5.56 Å². The smallest absolute Gasteiger partial charge is 0.265 e. The molecule has 0 aromatic heterocycles. The highest BCUT2D eigenvalue weighted by Gasteiger charge is 2.19. The summed E-state index contributed by atoms with van der Waals surface area (Å²) >= 11 is 6.08. The minimum Gasteiger partial charge on any atom is -0.479 e. The zero-order valence-electron chi connectivity index (χ0n) is 13.7. The Kier molecular flexibility index (Phi) is 6.05. The van der Waals surface area contributed by atoms with Gasteiger partial charge in [-0.05, 0) is 42.2 Å². The van der Waals surface area contributed by atoms with Crippen LogP contribution in [0.15, 0.2) is 48.5 Å². The van der Waals surface area contributed by atoms with E-state index in [2.05, 4.69) is 19.2 Å². The van der Waals surface area contributed by atoms with Crippen LogP contribution in [0.25, 0.3) is 0 Å². The van der Waals surface area contributed by atoms with Crippen LogP contribution < -0.4 is 10.1 Å². The molecule has 1 N–H and O–H groups in total. The summed E-state index contributed by atoms with van der Waals surface area (Å²) in [4.78, 5) is 12.4. The highest BCUT2D eigenvalue weighted by molar-refractivity contribution is 6.32. The number of anilines is 1. The molecule has 0 bridgehead atoms. The molecule has 0 aliphatic heterocycles. The molecule has 2 aromatic rings. The predicted molar refractivity (Wildman–Crippen MR) is 95.3 cm³/mol. The van der Waals surface area contributed by atoms with Crippen molar-refractivity contribution in [1.82, 2.24) is 0 Å². The average Bonchev–Trinajstić information content (AvgIpc) is 2.54. The molecule has 4 heteroatoms. The zero-order valence-corrected chi connectivity index (χ0v) is 14.4. The summed E-state index contributed by atoms with van der Waals surface area (Å²) in [5.41, 5.74) is 2.00. The van der Waals surface area contributed by atoms with Crippen molar-refractivity contribution in [2.75, 3.05) is 5.32 Å². The minimum atomic E-state index is -0.584. The third-order valence-electron chi connectivity index (χ3n) is 3.61. The Bertz CT molecular complexity index is 653. The first-order valence-electron chi connectivity index (χ1n) is 7.83. The quantitative estimate of drug-likeness (QED) is 0.784. The Morgan fingerprint density at radius 3 is 2.35 bits per heavy atom. The largest absolute Gasteiger partial charge is 0.479 e. The molecule has 0 fully saturated rings. The summed E-state index contributed by atoms with van der Waals surface area (Å²) in [6.45, 7) is 6.18. The first-order chi connectivity index (χ1) is 11.0. The number of para-hydroxylation sites is 1. The summed E-state index contributed by atoms with van der Waals surface area (Å²) in [5, 5.41) is 3.39. The van der Waals surface area contributed by atoms with Crippen LogP contribution >= 0.6 is 11.6 Å². The lowest BCUT2D eigenvalue weighted by Gasteiger charge is -2.18. The second-order valence-electron chi connectivity index (χ2n) is 5.71. The van der Waals surface area contributed by atoms with Crippen LogP contribution in [0.5, 0.6) is 5.75 Å². The molecule has 1 amide bonds. The van der Waals surface area contributed by atoms with Gasteiger partial charge in [0.2, 0.25) is 0 Å². The molecule has 0 spiro atoms. The summed E-state index contributed by atoms with van der Waals surface area (Å²) in [6.07, 6.45) is -0.0270. The van der Waals surface area contributed by atoms with E-state index in [0.29, 0.717) is 23.1 Å². The van der Waals surface area contributed by atoms with E-state index in [0.717, 1.165) is 5.69 Å². The van der Waals surface area contributed by atoms with E-state index in [1.54, 1.807) is 12.1 Å². The summed E-state index contributed by atoms with van der Waals surface area (Å²) < 4.78 is 5.75. The molecule has 0 saturated heterocycles. The van der Waals surface area contributed by atoms with Crippen LogP contribution in [0.4, 0.5) is 5.69 Å². The van der Waals surface area contributed by atoms with E-state index < -0.39 is 6.10 Å². The lowest BCUT2D eigenvalue weighted by atomic mass is 10.0. The standard InChI is InChI=1S/C19H22ClNO2/c1-4-17(23-18-8-6-5-7-16(18)20)19(22)21-15-11-9-14(10-12-15)13(2)3/h5-13,17H,4H2,1-3H3,(H,21,22)/t17-/m1/s1. The topological polar surface area (TPSA) is 38.3 Å². The van der Waals surface area contributed by atoms with Crippen molar-refractivity contribution in [2.45, 2.75) is 39.2 Å². The molecular formula is C19H22ClNO2. The molecule has 2 aromatic carbocycles. The van der Waals surface area contributed by atoms with Gasteiger partial charge in [0.15, 0.2) is 6.10 Å². The van der Waals surface area contributed by atoms with E-state index in [9.17, 15) is 4.79 Å². The number of nitrogens with one attached hydrogen (secondary N) is 1. The van der Waals surface area contributed by atoms with Crippen molar-refractivity contribution in [1.29, 1.82) is 0 Å². The van der Waals surface area contributed by atoms with E-state index >= 15 is 0 Å². The number of amides is 1. The van der Waals surface area contributed by atoms with Crippen LogP contribution in [0.2, 0.25) is 5.02 Å². The maximum absolute atomic E-state index is 12.4. The van der Waals surface area contributed by atoms with Gasteiger partial charge in [0.1, 0.15) is 5.75 Å². The fourth-order valence-corrected chi connectivity index (χ4v) is 2.37. The number of hydrogen-bond acceptors (Lipinski definition) is 2. The molecule has 122 valence electrons. The van der Waals surface area contributed by atoms with Crippen molar-refractivity contribution in [3.63, 3.8) is 0 Å². The highest BCUT2D eigenvalue weighted by atomic mass is 35.5. The van der Waals surface area contributed by atoms with Gasteiger partial charge in [-0.3, -0.25) is 4.79 Å². The SMILES string of the molecule is CC[C@@H](Oc1ccccc1Cl)C(=O)Nc1ccc(C(C)C)cc1. The number of carbonyl (C=O) groups excluding carboxylic acids is 1.